The van der Waals surface area contributed by atoms with Crippen LogP contribution < -0.4 is 4.74 Å². The van der Waals surface area contributed by atoms with Gasteiger partial charge in [0.25, 0.3) is 0 Å². The van der Waals surface area contributed by atoms with Crippen LogP contribution in [0.25, 0.3) is 0 Å². The van der Waals surface area contributed by atoms with E-state index in [-0.39, 0.29) is 0 Å². The van der Waals surface area contributed by atoms with Crippen LogP contribution in [-0.2, 0) is 4.79 Å². The largest absolute Gasteiger partial charge is 0.491 e. The monoisotopic (exact) mass is 185 g/mol. The number of hydrogen-bond acceptors (Lipinski definition) is 3. The van der Waals surface area contributed by atoms with E-state index >= 15 is 0 Å². The van der Waals surface area contributed by atoms with E-state index in [9.17, 15) is 4.79 Å². The van der Waals surface area contributed by atoms with Crippen LogP contribution in [0.3, 0.4) is 0 Å². The zero-order chi connectivity index (χ0) is 8.81. The highest BCUT2D eigenvalue weighted by atomic mass is 35.5. The first-order valence-corrected chi connectivity index (χ1v) is 3.87. The van der Waals surface area contributed by atoms with E-state index in [2.05, 4.69) is 4.98 Å². The Hall–Kier alpha value is -1.09. The van der Waals surface area contributed by atoms with E-state index in [0.29, 0.717) is 23.8 Å². The third-order valence-corrected chi connectivity index (χ3v) is 1.39. The average Bonchev–Trinajstić information content (AvgIpc) is 2.05. The molecule has 0 saturated heterocycles. The van der Waals surface area contributed by atoms with Crippen molar-refractivity contribution in [3.05, 3.63) is 23.5 Å². The molecule has 0 radical (unpaired) electrons. The normalized spacial score (nSPS) is 9.42. The minimum absolute atomic E-state index is 0.367. The van der Waals surface area contributed by atoms with E-state index in [0.717, 1.165) is 6.29 Å². The van der Waals surface area contributed by atoms with Gasteiger partial charge in [-0.3, -0.25) is 4.98 Å². The van der Waals surface area contributed by atoms with E-state index < -0.39 is 0 Å². The molecule has 0 N–H and O–H groups in total. The number of aromatic nitrogens is 1. The van der Waals surface area contributed by atoms with Gasteiger partial charge in [-0.1, -0.05) is 11.6 Å². The fourth-order valence-electron chi connectivity index (χ4n) is 0.696. The lowest BCUT2D eigenvalue weighted by Crippen LogP contribution is -1.97. The lowest BCUT2D eigenvalue weighted by Gasteiger charge is -2.02. The molecule has 0 unspecified atom stereocenters. The number of carbonyl (C=O) groups is 1. The van der Waals surface area contributed by atoms with Gasteiger partial charge in [0.1, 0.15) is 12.0 Å². The minimum Gasteiger partial charge on any atom is -0.491 e. The number of aldehydes is 1. The molecule has 3 nitrogen and oxygen atoms in total. The molecule has 0 saturated carbocycles. The first-order chi connectivity index (χ1) is 5.83. The number of nitrogens with zero attached hydrogens (tertiary/aromatic N) is 1. The van der Waals surface area contributed by atoms with Gasteiger partial charge in [-0.2, -0.15) is 0 Å². The van der Waals surface area contributed by atoms with E-state index in [1.807, 2.05) is 0 Å². The number of carbonyl (C=O) groups excluding carboxylic acids is 1. The number of ether oxygens (including phenoxy) is 1. The molecule has 0 aliphatic carbocycles. The highest BCUT2D eigenvalue weighted by Crippen LogP contribution is 2.14. The van der Waals surface area contributed by atoms with Gasteiger partial charge in [0, 0.05) is 18.7 Å². The van der Waals surface area contributed by atoms with Crippen molar-refractivity contribution >= 4 is 17.9 Å². The Balaban J connectivity index is 2.46. The fourth-order valence-corrected chi connectivity index (χ4v) is 0.860. The highest BCUT2D eigenvalue weighted by Gasteiger charge is 1.94. The maximum absolute atomic E-state index is 9.94. The maximum Gasteiger partial charge on any atom is 0.139 e. The van der Waals surface area contributed by atoms with Gasteiger partial charge >= 0.3 is 0 Å². The van der Waals surface area contributed by atoms with E-state index in [4.69, 9.17) is 16.3 Å². The summed E-state index contributed by atoms with van der Waals surface area (Å²) < 4.78 is 5.15. The Labute approximate surface area is 75.3 Å². The molecule has 0 bridgehead atoms. The zero-order valence-electron chi connectivity index (χ0n) is 6.37. The van der Waals surface area contributed by atoms with Crippen LogP contribution in [0.5, 0.6) is 5.75 Å². The lowest BCUT2D eigenvalue weighted by atomic mass is 10.4. The predicted molar refractivity (Wildman–Crippen MR) is 45.4 cm³/mol. The Morgan fingerprint density at radius 3 is 3.08 bits per heavy atom. The summed E-state index contributed by atoms with van der Waals surface area (Å²) in [6, 6.07) is 1.65. The summed E-state index contributed by atoms with van der Waals surface area (Å²) in [5.74, 6) is 0.587. The summed E-state index contributed by atoms with van der Waals surface area (Å²) in [5, 5.41) is 0.526. The van der Waals surface area contributed by atoms with Crippen LogP contribution in [0.15, 0.2) is 18.5 Å². The standard InChI is InChI=1S/C8H8ClNO2/c9-7-4-8(6-10-5-7)12-3-1-2-11/h2,4-6H,1,3H2. The molecule has 64 valence electrons. The molecule has 0 spiro atoms. The van der Waals surface area contributed by atoms with Gasteiger partial charge in [0.2, 0.25) is 0 Å². The third kappa shape index (κ3) is 2.88. The molecule has 1 rings (SSSR count). The summed E-state index contributed by atoms with van der Waals surface area (Å²) in [4.78, 5) is 13.8. The average molecular weight is 186 g/mol. The van der Waals surface area contributed by atoms with Crippen molar-refractivity contribution < 1.29 is 9.53 Å². The summed E-state index contributed by atoms with van der Waals surface area (Å²) in [7, 11) is 0. The van der Waals surface area contributed by atoms with Crippen LogP contribution in [-0.4, -0.2) is 17.9 Å². The van der Waals surface area contributed by atoms with Crippen molar-refractivity contribution in [2.24, 2.45) is 0 Å². The summed E-state index contributed by atoms with van der Waals surface area (Å²) in [5.41, 5.74) is 0. The highest BCUT2D eigenvalue weighted by molar-refractivity contribution is 6.30. The Morgan fingerprint density at radius 1 is 1.58 bits per heavy atom. The molecule has 1 heterocycles. The Morgan fingerprint density at radius 2 is 2.42 bits per heavy atom. The van der Waals surface area contributed by atoms with Gasteiger partial charge < -0.3 is 9.53 Å². The Kier molecular flexibility index (Phi) is 3.54. The molecule has 1 aromatic heterocycles. The Bertz CT molecular complexity index is 265. The summed E-state index contributed by atoms with van der Waals surface area (Å²) in [6.45, 7) is 0.367. The van der Waals surface area contributed by atoms with Crippen molar-refractivity contribution in [2.75, 3.05) is 6.61 Å². The van der Waals surface area contributed by atoms with Crippen molar-refractivity contribution in [2.45, 2.75) is 6.42 Å². The molecule has 0 aromatic carbocycles. The molecule has 0 atom stereocenters. The molecule has 0 aliphatic heterocycles. The van der Waals surface area contributed by atoms with Crippen LogP contribution in [0, 0.1) is 0 Å². The molecule has 4 heteroatoms. The van der Waals surface area contributed by atoms with E-state index in [1.54, 1.807) is 12.3 Å². The fraction of sp³-hybridized carbons (Fsp3) is 0.250. The topological polar surface area (TPSA) is 39.2 Å². The number of halogens is 1. The van der Waals surface area contributed by atoms with Crippen LogP contribution in [0.2, 0.25) is 5.02 Å². The van der Waals surface area contributed by atoms with Crippen LogP contribution >= 0.6 is 11.6 Å². The smallest absolute Gasteiger partial charge is 0.139 e. The van der Waals surface area contributed by atoms with Crippen molar-refractivity contribution in [3.8, 4) is 5.75 Å². The molecule has 0 aliphatic rings. The lowest BCUT2D eigenvalue weighted by molar-refractivity contribution is -0.108. The van der Waals surface area contributed by atoms with Gasteiger partial charge in [-0.15, -0.1) is 0 Å². The predicted octanol–water partition coefficient (Wildman–Crippen LogP) is 1.70. The SMILES string of the molecule is O=CCCOc1cncc(Cl)c1. The number of pyridine rings is 1. The van der Waals surface area contributed by atoms with Crippen molar-refractivity contribution in [1.82, 2.24) is 4.98 Å². The second kappa shape index (κ2) is 4.72. The van der Waals surface area contributed by atoms with Gasteiger partial charge in [0.05, 0.1) is 17.8 Å². The zero-order valence-corrected chi connectivity index (χ0v) is 7.12. The van der Waals surface area contributed by atoms with Crippen LogP contribution in [0.1, 0.15) is 6.42 Å². The van der Waals surface area contributed by atoms with Gasteiger partial charge in [-0.25, -0.2) is 0 Å². The summed E-state index contributed by atoms with van der Waals surface area (Å²) >= 11 is 5.65. The quantitative estimate of drug-likeness (QED) is 0.530. The third-order valence-electron chi connectivity index (χ3n) is 1.18. The van der Waals surface area contributed by atoms with Crippen molar-refractivity contribution in [1.29, 1.82) is 0 Å². The van der Waals surface area contributed by atoms with Gasteiger partial charge in [-0.05, 0) is 0 Å². The second-order valence-corrected chi connectivity index (χ2v) is 2.58. The minimum atomic E-state index is 0.367. The molecular weight excluding hydrogens is 178 g/mol. The molecular formula is C8H8ClNO2. The van der Waals surface area contributed by atoms with Gasteiger partial charge in [0.15, 0.2) is 0 Å². The van der Waals surface area contributed by atoms with E-state index in [1.165, 1.54) is 6.20 Å². The molecule has 12 heavy (non-hydrogen) atoms. The number of hydrogen-bond donors (Lipinski definition) is 0. The maximum atomic E-state index is 9.94. The molecule has 0 fully saturated rings. The summed E-state index contributed by atoms with van der Waals surface area (Å²) in [6.07, 6.45) is 4.26. The first-order valence-electron chi connectivity index (χ1n) is 3.50. The molecule has 0 amide bonds. The van der Waals surface area contributed by atoms with Crippen molar-refractivity contribution in [3.63, 3.8) is 0 Å². The second-order valence-electron chi connectivity index (χ2n) is 2.14. The number of rotatable bonds is 4. The van der Waals surface area contributed by atoms with Crippen LogP contribution in [0.4, 0.5) is 0 Å². The first kappa shape index (κ1) is 9.00. The molecule has 1 aromatic rings.